The first kappa shape index (κ1) is 20.7. The predicted octanol–water partition coefficient (Wildman–Crippen LogP) is 3.74. The Balaban J connectivity index is 1.96. The summed E-state index contributed by atoms with van der Waals surface area (Å²) in [5, 5.41) is 3.46. The Bertz CT molecular complexity index is 726. The highest BCUT2D eigenvalue weighted by Crippen LogP contribution is 2.47. The van der Waals surface area contributed by atoms with Gasteiger partial charge in [-0.15, -0.1) is 0 Å². The second-order valence-corrected chi connectivity index (χ2v) is 11.5. The normalized spacial score (nSPS) is 24.2. The lowest BCUT2D eigenvalue weighted by atomic mass is 9.66. The van der Waals surface area contributed by atoms with Crippen molar-refractivity contribution in [3.05, 3.63) is 24.0 Å². The molecular formula is C21H35N3O2S. The fraction of sp³-hybridized carbons (Fsp3) is 0.762. The lowest BCUT2D eigenvalue weighted by Gasteiger charge is -2.52. The second kappa shape index (κ2) is 7.80. The second-order valence-electron chi connectivity index (χ2n) is 9.58. The SMILES string of the molecule is Cc1ccc(S(=O)(=O)N2CCCC3(CCNCC3)C2CCC(C)(C)C)cn1. The van der Waals surface area contributed by atoms with Crippen LogP contribution in [0, 0.1) is 17.8 Å². The Morgan fingerprint density at radius 2 is 1.93 bits per heavy atom. The molecule has 3 rings (SSSR count). The van der Waals surface area contributed by atoms with Crippen molar-refractivity contribution in [1.82, 2.24) is 14.6 Å². The van der Waals surface area contributed by atoms with Crippen LogP contribution in [-0.2, 0) is 10.0 Å². The third kappa shape index (κ3) is 4.54. The third-order valence-corrected chi connectivity index (χ3v) is 8.26. The highest BCUT2D eigenvalue weighted by Gasteiger charge is 2.48. The number of rotatable bonds is 4. The van der Waals surface area contributed by atoms with Gasteiger partial charge in [0.15, 0.2) is 0 Å². The molecule has 1 N–H and O–H groups in total. The molecule has 0 saturated carbocycles. The maximum atomic E-state index is 13.5. The molecule has 2 aliphatic heterocycles. The highest BCUT2D eigenvalue weighted by atomic mass is 32.2. The zero-order valence-corrected chi connectivity index (χ0v) is 18.1. The van der Waals surface area contributed by atoms with Gasteiger partial charge in [0.05, 0.1) is 0 Å². The highest BCUT2D eigenvalue weighted by molar-refractivity contribution is 7.89. The Hall–Kier alpha value is -0.980. The fourth-order valence-electron chi connectivity index (χ4n) is 4.77. The van der Waals surface area contributed by atoms with Crippen LogP contribution < -0.4 is 5.32 Å². The van der Waals surface area contributed by atoms with Crippen molar-refractivity contribution in [3.8, 4) is 0 Å². The topological polar surface area (TPSA) is 62.3 Å². The first-order chi connectivity index (χ1) is 12.6. The minimum absolute atomic E-state index is 0.0823. The number of hydrogen-bond donors (Lipinski definition) is 1. The number of nitrogens with one attached hydrogen (secondary N) is 1. The van der Waals surface area contributed by atoms with E-state index in [9.17, 15) is 8.42 Å². The Kier molecular flexibility index (Phi) is 5.99. The molecule has 1 aromatic heterocycles. The van der Waals surface area contributed by atoms with Crippen LogP contribution >= 0.6 is 0 Å². The van der Waals surface area contributed by atoms with Crippen LogP contribution in [0.4, 0.5) is 0 Å². The molecule has 1 aromatic rings. The largest absolute Gasteiger partial charge is 0.317 e. The van der Waals surface area contributed by atoms with Crippen molar-refractivity contribution in [2.24, 2.45) is 10.8 Å². The van der Waals surface area contributed by atoms with E-state index in [0.29, 0.717) is 11.4 Å². The number of aryl methyl sites for hydroxylation is 1. The molecular weight excluding hydrogens is 358 g/mol. The van der Waals surface area contributed by atoms with Gasteiger partial charge < -0.3 is 5.32 Å². The molecule has 152 valence electrons. The minimum atomic E-state index is -3.52. The third-order valence-electron chi connectivity index (χ3n) is 6.37. The molecule has 1 spiro atoms. The van der Waals surface area contributed by atoms with Gasteiger partial charge in [-0.2, -0.15) is 4.31 Å². The zero-order valence-electron chi connectivity index (χ0n) is 17.3. The number of sulfonamides is 1. The number of aromatic nitrogens is 1. The van der Waals surface area contributed by atoms with Gasteiger partial charge in [-0.25, -0.2) is 8.42 Å². The summed E-state index contributed by atoms with van der Waals surface area (Å²) < 4.78 is 28.9. The summed E-state index contributed by atoms with van der Waals surface area (Å²) in [4.78, 5) is 4.57. The van der Waals surface area contributed by atoms with Gasteiger partial charge in [0.25, 0.3) is 0 Å². The van der Waals surface area contributed by atoms with E-state index in [1.165, 1.54) is 6.20 Å². The van der Waals surface area contributed by atoms with Gasteiger partial charge in [0, 0.05) is 24.5 Å². The van der Waals surface area contributed by atoms with Crippen molar-refractivity contribution in [2.75, 3.05) is 19.6 Å². The van der Waals surface area contributed by atoms with E-state index >= 15 is 0 Å². The van der Waals surface area contributed by atoms with E-state index in [4.69, 9.17) is 0 Å². The monoisotopic (exact) mass is 393 g/mol. The Morgan fingerprint density at radius 1 is 1.22 bits per heavy atom. The lowest BCUT2D eigenvalue weighted by Crippen LogP contribution is -2.57. The summed E-state index contributed by atoms with van der Waals surface area (Å²) in [6.07, 6.45) is 7.72. The van der Waals surface area contributed by atoms with Crippen molar-refractivity contribution in [1.29, 1.82) is 0 Å². The molecule has 0 bridgehead atoms. The quantitative estimate of drug-likeness (QED) is 0.846. The van der Waals surface area contributed by atoms with Crippen molar-refractivity contribution in [2.45, 2.75) is 77.2 Å². The Morgan fingerprint density at radius 3 is 2.52 bits per heavy atom. The minimum Gasteiger partial charge on any atom is -0.317 e. The summed E-state index contributed by atoms with van der Waals surface area (Å²) in [6, 6.07) is 3.59. The number of hydrogen-bond acceptors (Lipinski definition) is 4. The predicted molar refractivity (Wildman–Crippen MR) is 109 cm³/mol. The van der Waals surface area contributed by atoms with Gasteiger partial charge in [-0.1, -0.05) is 20.8 Å². The summed E-state index contributed by atoms with van der Waals surface area (Å²) in [5.41, 5.74) is 1.15. The summed E-state index contributed by atoms with van der Waals surface area (Å²) in [7, 11) is -3.52. The zero-order chi connectivity index (χ0) is 19.7. The van der Waals surface area contributed by atoms with Gasteiger partial charge >= 0.3 is 0 Å². The smallest absolute Gasteiger partial charge is 0.244 e. The van der Waals surface area contributed by atoms with Crippen LogP contribution in [0.3, 0.4) is 0 Å². The van der Waals surface area contributed by atoms with Crippen molar-refractivity contribution < 1.29 is 8.42 Å². The molecule has 0 radical (unpaired) electrons. The van der Waals surface area contributed by atoms with Crippen LogP contribution in [0.15, 0.2) is 23.2 Å². The standard InChI is InChI=1S/C21H35N3O2S/c1-17-6-7-18(16-23-17)27(25,26)24-15-5-9-21(11-13-22-14-12-21)19(24)8-10-20(2,3)4/h6-7,16,19,22H,5,8-15H2,1-4H3. The molecule has 27 heavy (non-hydrogen) atoms. The molecule has 1 unspecified atom stereocenters. The van der Waals surface area contributed by atoms with Crippen LogP contribution in [0.2, 0.25) is 0 Å². The van der Waals surface area contributed by atoms with Gasteiger partial charge in [-0.3, -0.25) is 4.98 Å². The maximum absolute atomic E-state index is 13.5. The van der Waals surface area contributed by atoms with E-state index in [1.54, 1.807) is 12.1 Å². The molecule has 0 aromatic carbocycles. The summed E-state index contributed by atoms with van der Waals surface area (Å²) >= 11 is 0. The van der Waals surface area contributed by atoms with Crippen LogP contribution in [0.5, 0.6) is 0 Å². The van der Waals surface area contributed by atoms with E-state index in [-0.39, 0.29) is 16.9 Å². The molecule has 6 heteroatoms. The molecule has 5 nitrogen and oxygen atoms in total. The molecule has 0 aliphatic carbocycles. The van der Waals surface area contributed by atoms with Crippen molar-refractivity contribution in [3.63, 3.8) is 0 Å². The van der Waals surface area contributed by atoms with Crippen LogP contribution in [0.1, 0.15) is 65.0 Å². The number of piperidine rings is 2. The molecule has 2 fully saturated rings. The lowest BCUT2D eigenvalue weighted by molar-refractivity contribution is 0.0255. The molecule has 1 atom stereocenters. The van der Waals surface area contributed by atoms with Gasteiger partial charge in [0.2, 0.25) is 10.0 Å². The number of pyridine rings is 1. The Labute approximate surface area is 165 Å². The average molecular weight is 394 g/mol. The maximum Gasteiger partial charge on any atom is 0.244 e. The van der Waals surface area contributed by atoms with Crippen molar-refractivity contribution >= 4 is 10.0 Å². The van der Waals surface area contributed by atoms with E-state index < -0.39 is 10.0 Å². The summed E-state index contributed by atoms with van der Waals surface area (Å²) in [5.74, 6) is 0. The molecule has 3 heterocycles. The van der Waals surface area contributed by atoms with Crippen LogP contribution in [-0.4, -0.2) is 43.4 Å². The van der Waals surface area contributed by atoms with Gasteiger partial charge in [0.1, 0.15) is 4.90 Å². The van der Waals surface area contributed by atoms with Crippen LogP contribution in [0.25, 0.3) is 0 Å². The summed E-state index contributed by atoms with van der Waals surface area (Å²) in [6.45, 7) is 11.2. The van der Waals surface area contributed by atoms with Gasteiger partial charge in [-0.05, 0) is 81.5 Å². The average Bonchev–Trinajstić information content (AvgIpc) is 2.61. The molecule has 2 saturated heterocycles. The first-order valence-corrected chi connectivity index (χ1v) is 11.7. The fourth-order valence-corrected chi connectivity index (χ4v) is 6.50. The molecule has 2 aliphatic rings. The number of nitrogens with zero attached hydrogens (tertiary/aromatic N) is 2. The van der Waals surface area contributed by atoms with E-state index in [2.05, 4.69) is 31.1 Å². The van der Waals surface area contributed by atoms with E-state index in [0.717, 1.165) is 57.3 Å². The molecule has 0 amide bonds. The van der Waals surface area contributed by atoms with E-state index in [1.807, 2.05) is 11.2 Å². The first-order valence-electron chi connectivity index (χ1n) is 10.3.